The van der Waals surface area contributed by atoms with Gasteiger partial charge in [0.25, 0.3) is 0 Å². The van der Waals surface area contributed by atoms with Gasteiger partial charge in [0.05, 0.1) is 16.9 Å². The second-order valence-corrected chi connectivity index (χ2v) is 4.24. The largest absolute Gasteiger partial charge is 0.416 e. The number of benzene rings is 1. The molecule has 2 rings (SSSR count). The first kappa shape index (κ1) is 12.7. The first-order valence-electron chi connectivity index (χ1n) is 5.31. The second kappa shape index (κ2) is 4.16. The summed E-state index contributed by atoms with van der Waals surface area (Å²) in [6, 6.07) is 2.63. The standard InChI is InChI=1S/C11H12F3N3O/c12-11(13,14)6-1-2-9(8(16)3-6)17-5-7(15)4-10(17)18/h1-3,7H,4-5,15-16H2. The summed E-state index contributed by atoms with van der Waals surface area (Å²) in [4.78, 5) is 12.9. The zero-order valence-electron chi connectivity index (χ0n) is 9.37. The lowest BCUT2D eigenvalue weighted by molar-refractivity contribution is -0.137. The number of carbonyl (C=O) groups excluding carboxylic acids is 1. The molecule has 1 aromatic carbocycles. The molecule has 0 saturated carbocycles. The summed E-state index contributed by atoms with van der Waals surface area (Å²) < 4.78 is 37.4. The Morgan fingerprint density at radius 2 is 2.00 bits per heavy atom. The third kappa shape index (κ3) is 2.26. The van der Waals surface area contributed by atoms with Gasteiger partial charge >= 0.3 is 6.18 Å². The molecule has 0 aromatic heterocycles. The van der Waals surface area contributed by atoms with Crippen molar-refractivity contribution in [3.63, 3.8) is 0 Å². The second-order valence-electron chi connectivity index (χ2n) is 4.24. The van der Waals surface area contributed by atoms with Crippen LogP contribution in [0.25, 0.3) is 0 Å². The van der Waals surface area contributed by atoms with Crippen LogP contribution < -0.4 is 16.4 Å². The highest BCUT2D eigenvalue weighted by Gasteiger charge is 2.33. The number of hydrogen-bond donors (Lipinski definition) is 2. The normalized spacial score (nSPS) is 20.6. The fraction of sp³-hybridized carbons (Fsp3) is 0.364. The van der Waals surface area contributed by atoms with Crippen LogP contribution >= 0.6 is 0 Å². The molecule has 1 aromatic rings. The van der Waals surface area contributed by atoms with Gasteiger partial charge in [0.15, 0.2) is 0 Å². The monoisotopic (exact) mass is 259 g/mol. The Hall–Kier alpha value is -1.76. The molecule has 18 heavy (non-hydrogen) atoms. The van der Waals surface area contributed by atoms with E-state index >= 15 is 0 Å². The molecule has 0 radical (unpaired) electrons. The summed E-state index contributed by atoms with van der Waals surface area (Å²) in [6.07, 6.45) is -4.27. The molecule has 0 aliphatic carbocycles. The van der Waals surface area contributed by atoms with Gasteiger partial charge in [-0.3, -0.25) is 4.79 Å². The molecule has 1 aliphatic heterocycles. The molecular formula is C11H12F3N3O. The van der Waals surface area contributed by atoms with Crippen molar-refractivity contribution in [2.75, 3.05) is 17.2 Å². The number of carbonyl (C=O) groups is 1. The van der Waals surface area contributed by atoms with Crippen LogP contribution in [0.3, 0.4) is 0 Å². The molecule has 1 unspecified atom stereocenters. The minimum absolute atomic E-state index is 0.0766. The Bertz CT molecular complexity index is 487. The van der Waals surface area contributed by atoms with Gasteiger partial charge in [-0.15, -0.1) is 0 Å². The van der Waals surface area contributed by atoms with E-state index in [1.807, 2.05) is 0 Å². The number of nitrogens with two attached hydrogens (primary N) is 2. The topological polar surface area (TPSA) is 72.3 Å². The third-order valence-corrected chi connectivity index (χ3v) is 2.80. The van der Waals surface area contributed by atoms with E-state index in [1.54, 1.807) is 0 Å². The molecule has 1 fully saturated rings. The highest BCUT2D eigenvalue weighted by molar-refractivity contribution is 5.98. The van der Waals surface area contributed by atoms with Crippen molar-refractivity contribution >= 4 is 17.3 Å². The fourth-order valence-electron chi connectivity index (χ4n) is 1.94. The number of alkyl halides is 3. The molecular weight excluding hydrogens is 247 g/mol. The van der Waals surface area contributed by atoms with Crippen LogP contribution in [0.5, 0.6) is 0 Å². The summed E-state index contributed by atoms with van der Waals surface area (Å²) in [5.41, 5.74) is 10.6. The number of rotatable bonds is 1. The summed E-state index contributed by atoms with van der Waals surface area (Å²) in [5, 5.41) is 0. The lowest BCUT2D eigenvalue weighted by Gasteiger charge is -2.19. The van der Waals surface area contributed by atoms with Crippen molar-refractivity contribution in [3.05, 3.63) is 23.8 Å². The Kier molecular flexibility index (Phi) is 2.94. The van der Waals surface area contributed by atoms with Crippen molar-refractivity contribution in [2.45, 2.75) is 18.6 Å². The quantitative estimate of drug-likeness (QED) is 0.748. The average Bonchev–Trinajstić information content (AvgIpc) is 2.56. The molecule has 98 valence electrons. The number of amides is 1. The SMILES string of the molecule is Nc1cc(C(F)(F)F)ccc1N1CC(N)CC1=O. The van der Waals surface area contributed by atoms with E-state index in [2.05, 4.69) is 0 Å². The minimum atomic E-state index is -4.45. The van der Waals surface area contributed by atoms with Gasteiger partial charge in [0.1, 0.15) is 0 Å². The van der Waals surface area contributed by atoms with Crippen LogP contribution in [-0.2, 0) is 11.0 Å². The average molecular weight is 259 g/mol. The van der Waals surface area contributed by atoms with Crippen LogP contribution in [0.1, 0.15) is 12.0 Å². The van der Waals surface area contributed by atoms with Gasteiger partial charge in [-0.05, 0) is 18.2 Å². The van der Waals surface area contributed by atoms with Crippen LogP contribution in [-0.4, -0.2) is 18.5 Å². The van der Waals surface area contributed by atoms with Crippen molar-refractivity contribution in [1.29, 1.82) is 0 Å². The molecule has 4 nitrogen and oxygen atoms in total. The Morgan fingerprint density at radius 3 is 2.44 bits per heavy atom. The van der Waals surface area contributed by atoms with Gasteiger partial charge < -0.3 is 16.4 Å². The first-order chi connectivity index (χ1) is 8.29. The Balaban J connectivity index is 2.34. The molecule has 0 bridgehead atoms. The molecule has 1 amide bonds. The van der Waals surface area contributed by atoms with Crippen LogP contribution in [0.2, 0.25) is 0 Å². The third-order valence-electron chi connectivity index (χ3n) is 2.80. The lowest BCUT2D eigenvalue weighted by atomic mass is 10.1. The molecule has 1 atom stereocenters. The summed E-state index contributed by atoms with van der Waals surface area (Å²) in [5.74, 6) is -0.228. The molecule has 1 heterocycles. The number of anilines is 2. The van der Waals surface area contributed by atoms with Gasteiger partial charge in [0, 0.05) is 19.0 Å². The zero-order chi connectivity index (χ0) is 13.5. The summed E-state index contributed by atoms with van der Waals surface area (Å²) in [6.45, 7) is 0.272. The summed E-state index contributed by atoms with van der Waals surface area (Å²) >= 11 is 0. The van der Waals surface area contributed by atoms with E-state index < -0.39 is 11.7 Å². The highest BCUT2D eigenvalue weighted by atomic mass is 19.4. The smallest absolute Gasteiger partial charge is 0.397 e. The van der Waals surface area contributed by atoms with Crippen LogP contribution in [0, 0.1) is 0 Å². The van der Waals surface area contributed by atoms with E-state index in [0.717, 1.165) is 12.1 Å². The predicted octanol–water partition coefficient (Wildman–Crippen LogP) is 1.35. The molecule has 7 heteroatoms. The number of halogens is 3. The van der Waals surface area contributed by atoms with Crippen molar-refractivity contribution in [3.8, 4) is 0 Å². The summed E-state index contributed by atoms with van der Waals surface area (Å²) in [7, 11) is 0. The maximum Gasteiger partial charge on any atom is 0.416 e. The van der Waals surface area contributed by atoms with Crippen molar-refractivity contribution in [1.82, 2.24) is 0 Å². The van der Waals surface area contributed by atoms with E-state index in [-0.39, 0.29) is 36.3 Å². The molecule has 1 saturated heterocycles. The van der Waals surface area contributed by atoms with Gasteiger partial charge in [-0.25, -0.2) is 0 Å². The predicted molar refractivity (Wildman–Crippen MR) is 60.8 cm³/mol. The number of nitrogens with zero attached hydrogens (tertiary/aromatic N) is 1. The highest BCUT2D eigenvalue weighted by Crippen LogP contribution is 2.35. The minimum Gasteiger partial charge on any atom is -0.397 e. The van der Waals surface area contributed by atoms with E-state index in [4.69, 9.17) is 11.5 Å². The molecule has 4 N–H and O–H groups in total. The molecule has 1 aliphatic rings. The van der Waals surface area contributed by atoms with Gasteiger partial charge in [-0.2, -0.15) is 13.2 Å². The zero-order valence-corrected chi connectivity index (χ0v) is 9.37. The van der Waals surface area contributed by atoms with Crippen molar-refractivity contribution in [2.24, 2.45) is 5.73 Å². The first-order valence-corrected chi connectivity index (χ1v) is 5.31. The van der Waals surface area contributed by atoms with Gasteiger partial charge in [-0.1, -0.05) is 0 Å². The number of hydrogen-bond acceptors (Lipinski definition) is 3. The molecule has 0 spiro atoms. The maximum atomic E-state index is 12.5. The van der Waals surface area contributed by atoms with Crippen LogP contribution in [0.4, 0.5) is 24.5 Å². The number of nitrogen functional groups attached to an aromatic ring is 1. The Labute approximate surface area is 101 Å². The van der Waals surface area contributed by atoms with E-state index in [9.17, 15) is 18.0 Å². The lowest BCUT2D eigenvalue weighted by Crippen LogP contribution is -2.28. The van der Waals surface area contributed by atoms with E-state index in [1.165, 1.54) is 11.0 Å². The van der Waals surface area contributed by atoms with E-state index in [0.29, 0.717) is 0 Å². The van der Waals surface area contributed by atoms with Crippen molar-refractivity contribution < 1.29 is 18.0 Å². The van der Waals surface area contributed by atoms with Gasteiger partial charge in [0.2, 0.25) is 5.91 Å². The fourth-order valence-corrected chi connectivity index (χ4v) is 1.94. The van der Waals surface area contributed by atoms with Crippen LogP contribution in [0.15, 0.2) is 18.2 Å². The maximum absolute atomic E-state index is 12.5. The Morgan fingerprint density at radius 1 is 1.33 bits per heavy atom.